The molecular weight excluding hydrogens is 488 g/mol. The minimum Gasteiger partial charge on any atom is -0.458 e. The van der Waals surface area contributed by atoms with Crippen molar-refractivity contribution < 1.29 is 14.0 Å². The van der Waals surface area contributed by atoms with E-state index < -0.39 is 6.04 Å². The van der Waals surface area contributed by atoms with E-state index in [0.717, 1.165) is 16.2 Å². The van der Waals surface area contributed by atoms with Crippen LogP contribution in [0.25, 0.3) is 11.6 Å². The van der Waals surface area contributed by atoms with Gasteiger partial charge >= 0.3 is 0 Å². The fourth-order valence-corrected chi connectivity index (χ4v) is 4.70. The van der Waals surface area contributed by atoms with Gasteiger partial charge < -0.3 is 9.73 Å². The summed E-state index contributed by atoms with van der Waals surface area (Å²) in [6.45, 7) is 1.95. The van der Waals surface area contributed by atoms with Crippen molar-refractivity contribution in [1.29, 1.82) is 0 Å². The zero-order valence-electron chi connectivity index (χ0n) is 20.0. The number of para-hydroxylation sites is 1. The second-order valence-electron chi connectivity index (χ2n) is 8.27. The van der Waals surface area contributed by atoms with E-state index in [-0.39, 0.29) is 24.2 Å². The largest absolute Gasteiger partial charge is 0.458 e. The summed E-state index contributed by atoms with van der Waals surface area (Å²) in [4.78, 5) is 30.8. The van der Waals surface area contributed by atoms with Crippen LogP contribution in [-0.4, -0.2) is 32.0 Å². The Kier molecular flexibility index (Phi) is 7.18. The van der Waals surface area contributed by atoms with E-state index in [1.165, 1.54) is 21.0 Å². The van der Waals surface area contributed by atoms with E-state index in [1.54, 1.807) is 24.3 Å². The smallest absolute Gasteiger partial charge is 0.251 e. The van der Waals surface area contributed by atoms with Crippen LogP contribution in [0.2, 0.25) is 0 Å². The predicted molar refractivity (Wildman–Crippen MR) is 140 cm³/mol. The van der Waals surface area contributed by atoms with Crippen LogP contribution in [0.15, 0.2) is 94.7 Å². The second-order valence-corrected chi connectivity index (χ2v) is 9.25. The molecule has 0 aliphatic carbocycles. The lowest BCUT2D eigenvalue weighted by Crippen LogP contribution is -2.45. The maximum Gasteiger partial charge on any atom is 0.251 e. The van der Waals surface area contributed by atoms with Crippen LogP contribution in [-0.2, 0) is 22.7 Å². The molecule has 0 bridgehead atoms. The molecule has 0 radical (unpaired) electrons. The Hall–Kier alpha value is -4.57. The van der Waals surface area contributed by atoms with Crippen molar-refractivity contribution >= 4 is 28.8 Å². The number of hydrogen-bond acceptors (Lipinski definition) is 7. The topological polar surface area (TPSA) is 106 Å². The molecule has 2 amide bonds. The number of carbonyl (C=O) groups is 2. The van der Waals surface area contributed by atoms with E-state index in [0.29, 0.717) is 18.0 Å². The van der Waals surface area contributed by atoms with E-state index in [9.17, 15) is 9.59 Å². The van der Waals surface area contributed by atoms with Gasteiger partial charge in [0, 0.05) is 17.1 Å². The average Bonchev–Trinajstić information content (AvgIpc) is 3.69. The van der Waals surface area contributed by atoms with Crippen molar-refractivity contribution in [3.8, 4) is 11.6 Å². The highest BCUT2D eigenvalue weighted by Gasteiger charge is 2.34. The minimum atomic E-state index is -0.880. The normalized spacial score (nSPS) is 11.7. The van der Waals surface area contributed by atoms with E-state index in [2.05, 4.69) is 20.7 Å². The molecule has 0 aliphatic rings. The van der Waals surface area contributed by atoms with Gasteiger partial charge in [-0.2, -0.15) is 4.80 Å². The third-order valence-electron chi connectivity index (χ3n) is 5.62. The van der Waals surface area contributed by atoms with Gasteiger partial charge in [0.2, 0.25) is 11.7 Å². The molecule has 186 valence electrons. The van der Waals surface area contributed by atoms with Crippen LogP contribution < -0.4 is 10.2 Å². The molecular formula is C27H24N6O3S. The van der Waals surface area contributed by atoms with Gasteiger partial charge in [-0.25, -0.2) is 0 Å². The molecule has 1 unspecified atom stereocenters. The third-order valence-corrected chi connectivity index (χ3v) is 6.55. The summed E-state index contributed by atoms with van der Waals surface area (Å²) >= 11 is 1.41. The standard InChI is InChI=1S/C27H24N6O3S/c1-19-14-15-22(36-19)26-29-31-32(30-26)18-24(34)33(21-11-6-3-7-12-21)25(23-13-8-16-37-23)27(35)28-17-20-9-4-2-5-10-20/h2-16,25H,17-18H2,1H3,(H,28,35). The number of aryl methyl sites for hydroxylation is 1. The van der Waals surface area contributed by atoms with Crippen molar-refractivity contribution in [2.24, 2.45) is 0 Å². The van der Waals surface area contributed by atoms with Crippen molar-refractivity contribution in [3.63, 3.8) is 0 Å². The number of rotatable bonds is 9. The summed E-state index contributed by atoms with van der Waals surface area (Å²) in [6.07, 6.45) is 0. The molecule has 3 heterocycles. The number of amides is 2. The zero-order valence-corrected chi connectivity index (χ0v) is 20.8. The molecule has 5 rings (SSSR count). The van der Waals surface area contributed by atoms with Crippen LogP contribution in [0.5, 0.6) is 0 Å². The highest BCUT2D eigenvalue weighted by molar-refractivity contribution is 7.10. The molecule has 37 heavy (non-hydrogen) atoms. The number of nitrogens with zero attached hydrogens (tertiary/aromatic N) is 5. The Balaban J connectivity index is 1.44. The number of anilines is 1. The maximum absolute atomic E-state index is 13.8. The molecule has 10 heteroatoms. The monoisotopic (exact) mass is 512 g/mol. The van der Waals surface area contributed by atoms with Gasteiger partial charge in [-0.05, 0) is 53.4 Å². The van der Waals surface area contributed by atoms with Crippen molar-refractivity contribution in [2.45, 2.75) is 26.1 Å². The molecule has 0 saturated carbocycles. The van der Waals surface area contributed by atoms with E-state index in [4.69, 9.17) is 4.42 Å². The van der Waals surface area contributed by atoms with Crippen molar-refractivity contribution in [2.75, 3.05) is 4.90 Å². The number of benzene rings is 2. The lowest BCUT2D eigenvalue weighted by atomic mass is 10.1. The summed E-state index contributed by atoms with van der Waals surface area (Å²) in [5, 5.41) is 17.2. The van der Waals surface area contributed by atoms with Gasteiger partial charge in [0.1, 0.15) is 18.3 Å². The Morgan fingerprint density at radius 3 is 2.43 bits per heavy atom. The number of tetrazole rings is 1. The maximum atomic E-state index is 13.8. The first kappa shape index (κ1) is 24.1. The first-order valence-corrected chi connectivity index (χ1v) is 12.5. The summed E-state index contributed by atoms with van der Waals surface area (Å²) in [6, 6.07) is 25.1. The van der Waals surface area contributed by atoms with Crippen molar-refractivity contribution in [1.82, 2.24) is 25.5 Å². The summed E-state index contributed by atoms with van der Waals surface area (Å²) < 4.78 is 5.56. The van der Waals surface area contributed by atoms with Gasteiger partial charge in [-0.1, -0.05) is 54.6 Å². The molecule has 2 aromatic carbocycles. The van der Waals surface area contributed by atoms with Gasteiger partial charge in [0.25, 0.3) is 5.91 Å². The molecule has 0 saturated heterocycles. The molecule has 3 aromatic heterocycles. The van der Waals surface area contributed by atoms with Gasteiger partial charge in [-0.15, -0.1) is 21.5 Å². The highest BCUT2D eigenvalue weighted by Crippen LogP contribution is 2.31. The van der Waals surface area contributed by atoms with Crippen molar-refractivity contribution in [3.05, 3.63) is 107 Å². The zero-order chi connectivity index (χ0) is 25.6. The molecule has 1 atom stereocenters. The number of nitrogens with one attached hydrogen (secondary N) is 1. The second kappa shape index (κ2) is 11.0. The Morgan fingerprint density at radius 2 is 1.76 bits per heavy atom. The quantitative estimate of drug-likeness (QED) is 0.314. The predicted octanol–water partition coefficient (Wildman–Crippen LogP) is 4.39. The lowest BCUT2D eigenvalue weighted by Gasteiger charge is -2.30. The van der Waals surface area contributed by atoms with Gasteiger partial charge in [0.05, 0.1) is 0 Å². The number of thiophene rings is 1. The van der Waals surface area contributed by atoms with Crippen LogP contribution in [0.3, 0.4) is 0 Å². The number of carbonyl (C=O) groups excluding carboxylic acids is 2. The fraction of sp³-hybridized carbons (Fsp3) is 0.148. The van der Waals surface area contributed by atoms with Crippen LogP contribution in [0, 0.1) is 6.92 Å². The van der Waals surface area contributed by atoms with Gasteiger partial charge in [0.15, 0.2) is 5.76 Å². The first-order chi connectivity index (χ1) is 18.1. The molecule has 0 aliphatic heterocycles. The Labute approximate surface area is 217 Å². The van der Waals surface area contributed by atoms with Crippen LogP contribution in [0.4, 0.5) is 5.69 Å². The van der Waals surface area contributed by atoms with Crippen LogP contribution >= 0.6 is 11.3 Å². The summed E-state index contributed by atoms with van der Waals surface area (Å²) in [7, 11) is 0. The first-order valence-electron chi connectivity index (χ1n) is 11.7. The highest BCUT2D eigenvalue weighted by atomic mass is 32.1. The Morgan fingerprint density at radius 1 is 1.00 bits per heavy atom. The molecule has 0 fully saturated rings. The van der Waals surface area contributed by atoms with E-state index in [1.807, 2.05) is 73.0 Å². The molecule has 5 aromatic rings. The summed E-state index contributed by atoms with van der Waals surface area (Å²) in [5.41, 5.74) is 1.55. The van der Waals surface area contributed by atoms with Gasteiger partial charge in [-0.3, -0.25) is 14.5 Å². The average molecular weight is 513 g/mol. The number of aromatic nitrogens is 4. The number of hydrogen-bond donors (Lipinski definition) is 1. The minimum absolute atomic E-state index is 0.213. The molecule has 1 N–H and O–H groups in total. The summed E-state index contributed by atoms with van der Waals surface area (Å²) in [5.74, 6) is 0.814. The fourth-order valence-electron chi connectivity index (χ4n) is 3.89. The lowest BCUT2D eigenvalue weighted by molar-refractivity contribution is -0.127. The van der Waals surface area contributed by atoms with Crippen LogP contribution in [0.1, 0.15) is 22.2 Å². The number of furan rings is 1. The Bertz CT molecular complexity index is 1460. The molecule has 9 nitrogen and oxygen atoms in total. The molecule has 0 spiro atoms. The third kappa shape index (κ3) is 5.65. The SMILES string of the molecule is Cc1ccc(-c2nnn(CC(=O)N(c3ccccc3)C(C(=O)NCc3ccccc3)c3cccs3)n2)o1. The van der Waals surface area contributed by atoms with E-state index >= 15 is 0 Å².